The third-order valence-electron chi connectivity index (χ3n) is 3.74. The van der Waals surface area contributed by atoms with Crippen molar-refractivity contribution in [2.45, 2.75) is 19.4 Å². The summed E-state index contributed by atoms with van der Waals surface area (Å²) in [5.74, 6) is -1.23. The van der Waals surface area contributed by atoms with Gasteiger partial charge in [-0.05, 0) is 53.6 Å². The molecule has 8 heteroatoms. The van der Waals surface area contributed by atoms with Gasteiger partial charge in [0.1, 0.15) is 5.82 Å². The normalized spacial score (nSPS) is 12.8. The van der Waals surface area contributed by atoms with Gasteiger partial charge in [-0.2, -0.15) is 0 Å². The van der Waals surface area contributed by atoms with E-state index in [1.165, 1.54) is 22.8 Å². The SMILES string of the molecule is O=C(NO)c1c(Nc2ccc(I)cc2F)cc(=O)n2c1CCC2. The quantitative estimate of drug-likeness (QED) is 0.398. The fraction of sp³-hybridized carbons (Fsp3) is 0.200. The highest BCUT2D eigenvalue weighted by atomic mass is 127. The molecule has 0 aliphatic carbocycles. The Labute approximate surface area is 144 Å². The van der Waals surface area contributed by atoms with E-state index in [1.54, 1.807) is 11.5 Å². The first-order chi connectivity index (χ1) is 11.0. The number of carbonyl (C=O) groups is 1. The van der Waals surface area contributed by atoms with Crippen LogP contribution in [-0.2, 0) is 13.0 Å². The van der Waals surface area contributed by atoms with E-state index in [2.05, 4.69) is 5.32 Å². The van der Waals surface area contributed by atoms with Gasteiger partial charge in [0.15, 0.2) is 0 Å². The predicted octanol–water partition coefficient (Wildman–Crippen LogP) is 2.40. The van der Waals surface area contributed by atoms with Crippen molar-refractivity contribution < 1.29 is 14.4 Å². The van der Waals surface area contributed by atoms with Crippen molar-refractivity contribution in [1.82, 2.24) is 10.0 Å². The van der Waals surface area contributed by atoms with Gasteiger partial charge in [-0.1, -0.05) is 0 Å². The first kappa shape index (κ1) is 15.9. The number of rotatable bonds is 3. The number of nitrogens with zero attached hydrogens (tertiary/aromatic N) is 1. The largest absolute Gasteiger partial charge is 0.352 e. The summed E-state index contributed by atoms with van der Waals surface area (Å²) in [6, 6.07) is 5.83. The van der Waals surface area contributed by atoms with Crippen LogP contribution in [0.5, 0.6) is 0 Å². The number of aromatic nitrogens is 1. The van der Waals surface area contributed by atoms with Crippen LogP contribution in [0, 0.1) is 9.39 Å². The van der Waals surface area contributed by atoms with Gasteiger partial charge in [0.05, 0.1) is 16.9 Å². The maximum atomic E-state index is 14.0. The van der Waals surface area contributed by atoms with Crippen LogP contribution in [0.3, 0.4) is 0 Å². The third kappa shape index (κ3) is 2.95. The molecule has 2 heterocycles. The molecule has 0 radical (unpaired) electrons. The van der Waals surface area contributed by atoms with Gasteiger partial charge < -0.3 is 9.88 Å². The fourth-order valence-electron chi connectivity index (χ4n) is 2.75. The number of anilines is 2. The molecule has 1 aromatic carbocycles. The summed E-state index contributed by atoms with van der Waals surface area (Å²) in [6.07, 6.45) is 1.28. The van der Waals surface area contributed by atoms with Crippen molar-refractivity contribution in [3.05, 3.63) is 55.3 Å². The molecule has 1 amide bonds. The van der Waals surface area contributed by atoms with Gasteiger partial charge in [0.2, 0.25) is 0 Å². The lowest BCUT2D eigenvalue weighted by molar-refractivity contribution is 0.0705. The molecular weight excluding hydrogens is 416 g/mol. The molecular formula is C15H13FIN3O3. The van der Waals surface area contributed by atoms with Crippen molar-refractivity contribution in [3.63, 3.8) is 0 Å². The molecule has 1 aromatic heterocycles. The van der Waals surface area contributed by atoms with Crippen LogP contribution >= 0.6 is 22.6 Å². The first-order valence-corrected chi connectivity index (χ1v) is 8.02. The van der Waals surface area contributed by atoms with Gasteiger partial charge >= 0.3 is 0 Å². The standard InChI is InChI=1S/C15H13FIN3O3/c16-9-6-8(17)3-4-10(9)18-11-7-13(21)20-5-1-2-12(20)14(11)15(22)19-23/h3-4,6-7,18,23H,1-2,5H2,(H,19,22). The number of hydroxylamine groups is 1. The summed E-state index contributed by atoms with van der Waals surface area (Å²) < 4.78 is 16.3. The molecule has 0 fully saturated rings. The first-order valence-electron chi connectivity index (χ1n) is 6.94. The molecule has 0 bridgehead atoms. The van der Waals surface area contributed by atoms with E-state index in [4.69, 9.17) is 5.21 Å². The van der Waals surface area contributed by atoms with Crippen molar-refractivity contribution in [1.29, 1.82) is 0 Å². The lowest BCUT2D eigenvalue weighted by Gasteiger charge is -2.15. The Hall–Kier alpha value is -1.94. The van der Waals surface area contributed by atoms with Gasteiger partial charge in [0.25, 0.3) is 11.5 Å². The summed E-state index contributed by atoms with van der Waals surface area (Å²) in [5, 5.41) is 11.8. The maximum absolute atomic E-state index is 14.0. The van der Waals surface area contributed by atoms with Gasteiger partial charge in [-0.25, -0.2) is 9.87 Å². The Kier molecular flexibility index (Phi) is 4.35. The minimum Gasteiger partial charge on any atom is -0.352 e. The number of fused-ring (bicyclic) bond motifs is 1. The summed E-state index contributed by atoms with van der Waals surface area (Å²) >= 11 is 1.99. The molecule has 3 N–H and O–H groups in total. The molecule has 2 aromatic rings. The van der Waals surface area contributed by atoms with E-state index in [9.17, 15) is 14.0 Å². The second-order valence-corrected chi connectivity index (χ2v) is 6.41. The highest BCUT2D eigenvalue weighted by Crippen LogP contribution is 2.28. The predicted molar refractivity (Wildman–Crippen MR) is 90.7 cm³/mol. The smallest absolute Gasteiger partial charge is 0.278 e. The van der Waals surface area contributed by atoms with Crippen LogP contribution in [-0.4, -0.2) is 15.7 Å². The highest BCUT2D eigenvalue weighted by molar-refractivity contribution is 14.1. The molecule has 1 aliphatic rings. The van der Waals surface area contributed by atoms with E-state index < -0.39 is 11.7 Å². The highest BCUT2D eigenvalue weighted by Gasteiger charge is 2.24. The lowest BCUT2D eigenvalue weighted by atomic mass is 10.1. The summed E-state index contributed by atoms with van der Waals surface area (Å²) in [4.78, 5) is 24.2. The number of pyridine rings is 1. The molecule has 1 aliphatic heterocycles. The Morgan fingerprint density at radius 1 is 1.30 bits per heavy atom. The van der Waals surface area contributed by atoms with Gasteiger partial charge in [-0.3, -0.25) is 14.8 Å². The Bertz CT molecular complexity index is 851. The van der Waals surface area contributed by atoms with E-state index in [0.29, 0.717) is 18.7 Å². The second kappa shape index (κ2) is 6.28. The zero-order chi connectivity index (χ0) is 16.6. The molecule has 23 heavy (non-hydrogen) atoms. The molecule has 0 atom stereocenters. The van der Waals surface area contributed by atoms with E-state index in [1.807, 2.05) is 22.6 Å². The monoisotopic (exact) mass is 429 g/mol. The Morgan fingerprint density at radius 3 is 2.78 bits per heavy atom. The lowest BCUT2D eigenvalue weighted by Crippen LogP contribution is -2.27. The minimum absolute atomic E-state index is 0.153. The van der Waals surface area contributed by atoms with Crippen LogP contribution in [0.4, 0.5) is 15.8 Å². The second-order valence-electron chi connectivity index (χ2n) is 5.16. The van der Waals surface area contributed by atoms with E-state index in [-0.39, 0.29) is 22.5 Å². The summed E-state index contributed by atoms with van der Waals surface area (Å²) in [6.45, 7) is 0.526. The van der Waals surface area contributed by atoms with Gasteiger partial charge in [0, 0.05) is 21.9 Å². The topological polar surface area (TPSA) is 83.4 Å². The Balaban J connectivity index is 2.13. The number of hydrogen-bond acceptors (Lipinski definition) is 4. The van der Waals surface area contributed by atoms with E-state index in [0.717, 1.165) is 9.99 Å². The molecule has 0 saturated heterocycles. The van der Waals surface area contributed by atoms with Crippen LogP contribution in [0.15, 0.2) is 29.1 Å². The number of nitrogens with one attached hydrogen (secondary N) is 2. The number of benzene rings is 1. The van der Waals surface area contributed by atoms with Crippen molar-refractivity contribution in [3.8, 4) is 0 Å². The average molecular weight is 429 g/mol. The molecule has 0 spiro atoms. The number of halogens is 2. The van der Waals surface area contributed by atoms with Crippen molar-refractivity contribution in [2.24, 2.45) is 0 Å². The van der Waals surface area contributed by atoms with Gasteiger partial charge in [-0.15, -0.1) is 0 Å². The molecule has 3 rings (SSSR count). The number of carbonyl (C=O) groups excluding carboxylic acids is 1. The van der Waals surface area contributed by atoms with Crippen molar-refractivity contribution >= 4 is 39.9 Å². The third-order valence-corrected chi connectivity index (χ3v) is 4.41. The van der Waals surface area contributed by atoms with Crippen molar-refractivity contribution in [2.75, 3.05) is 5.32 Å². The van der Waals surface area contributed by atoms with Crippen LogP contribution in [0.25, 0.3) is 0 Å². The molecule has 0 unspecified atom stereocenters. The zero-order valence-corrected chi connectivity index (χ0v) is 14.1. The van der Waals surface area contributed by atoms with Crippen LogP contribution < -0.4 is 16.4 Å². The summed E-state index contributed by atoms with van der Waals surface area (Å²) in [7, 11) is 0. The summed E-state index contributed by atoms with van der Waals surface area (Å²) in [5.41, 5.74) is 2.35. The zero-order valence-electron chi connectivity index (χ0n) is 11.9. The Morgan fingerprint density at radius 2 is 2.09 bits per heavy atom. The van der Waals surface area contributed by atoms with Crippen LogP contribution in [0.2, 0.25) is 0 Å². The molecule has 120 valence electrons. The number of amides is 1. The van der Waals surface area contributed by atoms with Crippen LogP contribution in [0.1, 0.15) is 22.5 Å². The molecule has 6 nitrogen and oxygen atoms in total. The molecule has 0 saturated carbocycles. The van der Waals surface area contributed by atoms with E-state index >= 15 is 0 Å². The fourth-order valence-corrected chi connectivity index (χ4v) is 3.20. The number of hydrogen-bond donors (Lipinski definition) is 3. The minimum atomic E-state index is -0.732. The maximum Gasteiger partial charge on any atom is 0.278 e. The average Bonchev–Trinajstić information content (AvgIpc) is 2.99.